The van der Waals surface area contributed by atoms with Gasteiger partial charge in [0.25, 0.3) is 0 Å². The zero-order valence-electron chi connectivity index (χ0n) is 20.7. The van der Waals surface area contributed by atoms with Crippen LogP contribution in [-0.2, 0) is 9.59 Å². The summed E-state index contributed by atoms with van der Waals surface area (Å²) in [6, 6.07) is 27.3. The van der Waals surface area contributed by atoms with E-state index in [1.807, 2.05) is 30.3 Å². The lowest BCUT2D eigenvalue weighted by Gasteiger charge is -2.19. The average Bonchev–Trinajstić information content (AvgIpc) is 2.95. The van der Waals surface area contributed by atoms with Crippen LogP contribution in [0, 0.1) is 0 Å². The van der Waals surface area contributed by atoms with Gasteiger partial charge >= 0.3 is 18.2 Å². The molecule has 0 aliphatic rings. The Hall–Kier alpha value is -4.11. The zero-order valence-corrected chi connectivity index (χ0v) is 23.8. The van der Waals surface area contributed by atoms with Gasteiger partial charge in [-0.25, -0.2) is 10.2 Å². The minimum atomic E-state index is -1.40. The number of nitrogens with zero attached hydrogens (tertiary/aromatic N) is 1. The van der Waals surface area contributed by atoms with E-state index in [2.05, 4.69) is 26.5 Å². The molecule has 0 aromatic heterocycles. The summed E-state index contributed by atoms with van der Waals surface area (Å²) in [7, 11) is 0. The number of carbonyl (C=O) groups excluding carboxylic acids is 2. The Morgan fingerprint density at radius 3 is 2.02 bits per heavy atom. The lowest BCUT2D eigenvalue weighted by molar-refractivity contribution is -0.140. The van der Waals surface area contributed by atoms with Crippen molar-refractivity contribution < 1.29 is 23.8 Å². The van der Waals surface area contributed by atoms with Crippen molar-refractivity contribution in [2.24, 2.45) is 5.10 Å². The van der Waals surface area contributed by atoms with Crippen molar-refractivity contribution in [2.45, 2.75) is 6.29 Å². The molecular formula is C30H21BrCl2N2O5. The molecule has 0 atom stereocenters. The Balaban J connectivity index is 1.46. The van der Waals surface area contributed by atoms with Gasteiger partial charge in [-0.15, -0.1) is 0 Å². The maximum atomic E-state index is 13.0. The van der Waals surface area contributed by atoms with Crippen LogP contribution >= 0.6 is 39.1 Å². The Bertz CT molecular complexity index is 1460. The van der Waals surface area contributed by atoms with Crippen LogP contribution in [0.15, 0.2) is 113 Å². The first kappa shape index (κ1) is 28.9. The van der Waals surface area contributed by atoms with Gasteiger partial charge in [0.1, 0.15) is 17.2 Å². The van der Waals surface area contributed by atoms with Gasteiger partial charge in [-0.1, -0.05) is 69.5 Å². The molecule has 0 heterocycles. The van der Waals surface area contributed by atoms with E-state index < -0.39 is 18.2 Å². The smallest absolute Gasteiger partial charge is 0.336 e. The van der Waals surface area contributed by atoms with Gasteiger partial charge in [-0.3, -0.25) is 4.79 Å². The molecule has 0 unspecified atom stereocenters. The van der Waals surface area contributed by atoms with E-state index in [9.17, 15) is 9.59 Å². The van der Waals surface area contributed by atoms with Crippen LogP contribution in [0.2, 0.25) is 10.0 Å². The molecule has 4 aromatic rings. The van der Waals surface area contributed by atoms with Gasteiger partial charge in [0, 0.05) is 26.2 Å². The van der Waals surface area contributed by atoms with Crippen molar-refractivity contribution >= 4 is 63.3 Å². The van der Waals surface area contributed by atoms with E-state index in [0.29, 0.717) is 27.1 Å². The van der Waals surface area contributed by atoms with Crippen molar-refractivity contribution in [3.8, 4) is 17.2 Å². The van der Waals surface area contributed by atoms with Crippen molar-refractivity contribution in [3.05, 3.63) is 129 Å². The molecule has 1 N–H and O–H groups in total. The van der Waals surface area contributed by atoms with Crippen LogP contribution in [0.25, 0.3) is 6.08 Å². The Morgan fingerprint density at radius 1 is 0.825 bits per heavy atom. The molecule has 7 nitrogen and oxygen atoms in total. The second-order valence-electron chi connectivity index (χ2n) is 8.06. The van der Waals surface area contributed by atoms with Crippen LogP contribution in [-0.4, -0.2) is 24.4 Å². The van der Waals surface area contributed by atoms with Crippen LogP contribution in [0.5, 0.6) is 17.2 Å². The van der Waals surface area contributed by atoms with Crippen molar-refractivity contribution in [2.75, 3.05) is 0 Å². The fourth-order valence-electron chi connectivity index (χ4n) is 3.21. The fourth-order valence-corrected chi connectivity index (χ4v) is 3.84. The van der Waals surface area contributed by atoms with Crippen molar-refractivity contribution in [1.29, 1.82) is 0 Å². The highest BCUT2D eigenvalue weighted by Gasteiger charge is 2.23. The van der Waals surface area contributed by atoms with E-state index in [-0.39, 0.29) is 5.75 Å². The summed E-state index contributed by atoms with van der Waals surface area (Å²) in [5, 5.41) is 5.04. The monoisotopic (exact) mass is 638 g/mol. The number of benzene rings is 4. The molecular weight excluding hydrogens is 619 g/mol. The van der Waals surface area contributed by atoms with Gasteiger partial charge in [-0.2, -0.15) is 5.10 Å². The number of esters is 1. The average molecular weight is 640 g/mol. The third-order valence-corrected chi connectivity index (χ3v) is 6.10. The molecule has 0 saturated carbocycles. The predicted molar refractivity (Wildman–Crippen MR) is 159 cm³/mol. The second-order valence-corrected chi connectivity index (χ2v) is 9.85. The lowest BCUT2D eigenvalue weighted by atomic mass is 10.2. The number of ether oxygens (including phenoxy) is 3. The molecule has 0 fully saturated rings. The van der Waals surface area contributed by atoms with Crippen LogP contribution in [0.3, 0.4) is 0 Å². The third-order valence-electron chi connectivity index (χ3n) is 5.10. The molecule has 1 amide bonds. The van der Waals surface area contributed by atoms with Gasteiger partial charge in [0.05, 0.1) is 6.21 Å². The van der Waals surface area contributed by atoms with E-state index in [1.54, 1.807) is 72.8 Å². The first-order valence-corrected chi connectivity index (χ1v) is 13.3. The number of hydrazone groups is 1. The van der Waals surface area contributed by atoms with Gasteiger partial charge in [0.15, 0.2) is 0 Å². The molecule has 0 bridgehead atoms. The van der Waals surface area contributed by atoms with Crippen molar-refractivity contribution in [1.82, 2.24) is 5.43 Å². The normalized spacial score (nSPS) is 11.1. The van der Waals surface area contributed by atoms with E-state index in [0.717, 1.165) is 10.0 Å². The Labute approximate surface area is 249 Å². The largest absolute Gasteiger partial charge is 0.446 e. The maximum Gasteiger partial charge on any atom is 0.336 e. The first-order valence-electron chi connectivity index (χ1n) is 11.8. The summed E-state index contributed by atoms with van der Waals surface area (Å²) in [5.74, 6) is -0.312. The molecule has 10 heteroatoms. The van der Waals surface area contributed by atoms with Crippen molar-refractivity contribution in [3.63, 3.8) is 0 Å². The van der Waals surface area contributed by atoms with Crippen LogP contribution in [0.1, 0.15) is 11.1 Å². The first-order chi connectivity index (χ1) is 19.4. The molecule has 0 radical (unpaired) electrons. The topological polar surface area (TPSA) is 86.2 Å². The van der Waals surface area contributed by atoms with Gasteiger partial charge < -0.3 is 14.2 Å². The number of amides is 1. The Kier molecular flexibility index (Phi) is 10.3. The summed E-state index contributed by atoms with van der Waals surface area (Å²) in [5.41, 5.74) is 3.69. The molecule has 202 valence electrons. The highest BCUT2D eigenvalue weighted by molar-refractivity contribution is 9.10. The number of rotatable bonds is 10. The number of nitrogens with one attached hydrogen (secondary N) is 1. The van der Waals surface area contributed by atoms with E-state index >= 15 is 0 Å². The second kappa shape index (κ2) is 14.3. The number of halogens is 3. The third kappa shape index (κ3) is 8.98. The molecule has 0 saturated heterocycles. The van der Waals surface area contributed by atoms with Crippen LogP contribution < -0.4 is 19.6 Å². The quantitative estimate of drug-likeness (QED) is 0.0491. The number of hydrogen-bond acceptors (Lipinski definition) is 6. The minimum Gasteiger partial charge on any atom is -0.446 e. The maximum absolute atomic E-state index is 13.0. The molecule has 0 aliphatic carbocycles. The predicted octanol–water partition coefficient (Wildman–Crippen LogP) is 7.31. The highest BCUT2D eigenvalue weighted by Crippen LogP contribution is 2.23. The summed E-state index contributed by atoms with van der Waals surface area (Å²) in [6.45, 7) is 0. The Morgan fingerprint density at radius 2 is 1.43 bits per heavy atom. The summed E-state index contributed by atoms with van der Waals surface area (Å²) < 4.78 is 17.7. The minimum absolute atomic E-state index is 0.246. The van der Waals surface area contributed by atoms with Crippen LogP contribution in [0.4, 0.5) is 0 Å². The number of carbonyl (C=O) groups is 2. The molecule has 0 aliphatic heterocycles. The fraction of sp³-hybridized carbons (Fsp3) is 0.0333. The SMILES string of the molecule is O=C(/C=C/c1ccccc1)Oc1ccc(Br)cc1/C=N/NC(=O)C(Oc1ccc(Cl)cc1)Oc1ccc(Cl)cc1. The summed E-state index contributed by atoms with van der Waals surface area (Å²) in [4.78, 5) is 25.4. The van der Waals surface area contributed by atoms with E-state index in [1.165, 1.54) is 12.3 Å². The summed E-state index contributed by atoms with van der Waals surface area (Å²) >= 11 is 15.3. The highest BCUT2D eigenvalue weighted by atomic mass is 79.9. The molecule has 0 spiro atoms. The zero-order chi connectivity index (χ0) is 28.3. The van der Waals surface area contributed by atoms with Gasteiger partial charge in [-0.05, 0) is 78.4 Å². The summed E-state index contributed by atoms with van der Waals surface area (Å²) in [6.07, 6.45) is 2.92. The standard InChI is InChI=1S/C30H21BrCl2N2O5/c31-22-7-16-27(40-28(36)17-6-20-4-2-1-3-5-20)21(18-22)19-34-35-29(37)30(38-25-12-8-23(32)9-13-25)39-26-14-10-24(33)11-15-26/h1-19,30H,(H,35,37)/b17-6+,34-19+. The van der Waals surface area contributed by atoms with E-state index in [4.69, 9.17) is 37.4 Å². The van der Waals surface area contributed by atoms with Gasteiger partial charge in [0.2, 0.25) is 0 Å². The number of hydrogen-bond donors (Lipinski definition) is 1. The molecule has 4 aromatic carbocycles. The lowest BCUT2D eigenvalue weighted by Crippen LogP contribution is -2.40. The molecule has 40 heavy (non-hydrogen) atoms. The molecule has 4 rings (SSSR count).